The first-order valence-corrected chi connectivity index (χ1v) is 28.5. The van der Waals surface area contributed by atoms with E-state index in [4.69, 9.17) is 23.8 Å². The SMILES string of the molecule is COCCOCC[N+]1=C(/C=C/C=C/C=C2/N(CCOCCOCCC(=O)ON3C(=O)CCC3=O)c3ccc(S(=O)(=O)[O-])cc3C2(C)CCCS(=O)(=O)[O-])C(C)(CCCS(=O)(=O)[O-])c2cc(S(=O)(=O)[O-])ccc21. The van der Waals surface area contributed by atoms with Crippen LogP contribution in [0.4, 0.5) is 11.4 Å². The van der Waals surface area contributed by atoms with Gasteiger partial charge in [-0.3, -0.25) is 9.59 Å². The number of hydrogen-bond donors (Lipinski definition) is 0. The van der Waals surface area contributed by atoms with Gasteiger partial charge in [0, 0.05) is 72.5 Å². The van der Waals surface area contributed by atoms with Crippen molar-refractivity contribution < 1.29 is 94.6 Å². The fourth-order valence-corrected chi connectivity index (χ4v) is 10.8. The smallest absolute Gasteiger partial charge is 0.335 e. The van der Waals surface area contributed by atoms with Crippen molar-refractivity contribution in [1.29, 1.82) is 0 Å². The molecule has 2 unspecified atom stereocenters. The van der Waals surface area contributed by atoms with Crippen LogP contribution in [-0.4, -0.2) is 163 Å². The van der Waals surface area contributed by atoms with Crippen LogP contribution in [0.1, 0.15) is 69.9 Å². The third-order valence-corrected chi connectivity index (χ3v) is 15.5. The van der Waals surface area contributed by atoms with Gasteiger partial charge in [0.1, 0.15) is 26.8 Å². The number of methoxy groups -OCH3 is 1. The number of carbonyl (C=O) groups is 3. The van der Waals surface area contributed by atoms with Crippen molar-refractivity contribution in [1.82, 2.24) is 5.06 Å². The first kappa shape index (κ1) is 58.1. The average molecular weight is 1090 g/mol. The monoisotopic (exact) mass is 1090 g/mol. The fourth-order valence-electron chi connectivity index (χ4n) is 8.78. The number of nitrogens with zero attached hydrogens (tertiary/aromatic N) is 3. The molecule has 0 radical (unpaired) electrons. The van der Waals surface area contributed by atoms with E-state index in [1.807, 2.05) is 4.58 Å². The number of benzene rings is 2. The third kappa shape index (κ3) is 15.4. The summed E-state index contributed by atoms with van der Waals surface area (Å²) in [6, 6.07) is 7.65. The highest BCUT2D eigenvalue weighted by atomic mass is 32.2. The van der Waals surface area contributed by atoms with Gasteiger partial charge in [0.05, 0.1) is 81.5 Å². The van der Waals surface area contributed by atoms with Crippen LogP contribution >= 0.6 is 0 Å². The fraction of sp³-hybridized carbons (Fsp3) is 0.511. The molecule has 3 aliphatic heterocycles. The highest BCUT2D eigenvalue weighted by molar-refractivity contribution is 7.86. The second-order valence-corrected chi connectivity index (χ2v) is 23.1. The van der Waals surface area contributed by atoms with Gasteiger partial charge in [-0.2, -0.15) is 4.58 Å². The third-order valence-electron chi connectivity index (χ3n) is 12.2. The number of imide groups is 1. The summed E-state index contributed by atoms with van der Waals surface area (Å²) in [5.74, 6) is -3.53. The molecule has 0 saturated carbocycles. The summed E-state index contributed by atoms with van der Waals surface area (Å²) >= 11 is 0. The van der Waals surface area contributed by atoms with E-state index in [0.29, 0.717) is 45.6 Å². The van der Waals surface area contributed by atoms with Gasteiger partial charge in [-0.25, -0.2) is 38.5 Å². The Kier molecular flexibility index (Phi) is 19.8. The van der Waals surface area contributed by atoms with Gasteiger partial charge < -0.3 is 46.9 Å². The zero-order chi connectivity index (χ0) is 53.1. The zero-order valence-electron chi connectivity index (χ0n) is 39.7. The standard InChI is InChI=1S/C45H59N3O20S4/c1-44(18-7-29-69(52,53)54)35-31-33(71(58,59)60)11-13-37(35)46(20-23-66-26-25-64-3)39(44)9-5-4-6-10-40-45(2,19-8-30-70(55,56)57)36-32-34(72(61,62)63)12-14-38(36)47(40)21-24-67-28-27-65-22-17-43(51)68-48-41(49)15-16-42(48)50/h4-6,9-14,31-32H,7-8,15-30H2,1-3H3,(H3-,52,53,54,55,56,57,58,59,60,61,62,63)/p-3. The van der Waals surface area contributed by atoms with Crippen LogP contribution in [0.25, 0.3) is 0 Å². The topological polar surface area (TPSA) is 336 Å². The maximum absolute atomic E-state index is 12.3. The molecule has 2 aromatic rings. The van der Waals surface area contributed by atoms with Crippen LogP contribution in [0.15, 0.2) is 82.3 Å². The van der Waals surface area contributed by atoms with E-state index in [1.165, 1.54) is 37.4 Å². The maximum Gasteiger partial charge on any atom is 0.335 e. The van der Waals surface area contributed by atoms with Crippen molar-refractivity contribution in [2.45, 2.75) is 79.4 Å². The van der Waals surface area contributed by atoms with Gasteiger partial charge in [-0.1, -0.05) is 18.2 Å². The first-order chi connectivity index (χ1) is 33.7. The van der Waals surface area contributed by atoms with Crippen molar-refractivity contribution in [3.8, 4) is 0 Å². The lowest BCUT2D eigenvalue weighted by Crippen LogP contribution is -2.32. The first-order valence-electron chi connectivity index (χ1n) is 22.5. The Morgan fingerprint density at radius 3 is 1.85 bits per heavy atom. The molecule has 23 nitrogen and oxygen atoms in total. The summed E-state index contributed by atoms with van der Waals surface area (Å²) in [5, 5.41) is 0.433. The number of amides is 2. The maximum atomic E-state index is 12.3. The quantitative estimate of drug-likeness (QED) is 0.0369. The van der Waals surface area contributed by atoms with Crippen LogP contribution in [0.2, 0.25) is 0 Å². The number of hydroxylamine groups is 2. The van der Waals surface area contributed by atoms with Gasteiger partial charge in [0.15, 0.2) is 12.3 Å². The molecular weight excluding hydrogens is 1030 g/mol. The van der Waals surface area contributed by atoms with Crippen molar-refractivity contribution in [3.63, 3.8) is 0 Å². The normalized spacial score (nSPS) is 20.2. The molecule has 0 bridgehead atoms. The summed E-state index contributed by atoms with van der Waals surface area (Å²) in [4.78, 5) is 41.1. The number of rotatable bonds is 29. The molecule has 2 atom stereocenters. The van der Waals surface area contributed by atoms with Crippen LogP contribution in [0.3, 0.4) is 0 Å². The summed E-state index contributed by atoms with van der Waals surface area (Å²) in [7, 11) is -17.7. The number of hydrogen-bond acceptors (Lipinski definition) is 21. The molecule has 0 N–H and O–H groups in total. The number of ether oxygens (including phenoxy) is 4. The molecular formula is C45H56N3O20S4-3. The van der Waals surface area contributed by atoms with Crippen molar-refractivity contribution in [2.24, 2.45) is 0 Å². The van der Waals surface area contributed by atoms with E-state index in [1.54, 1.807) is 49.1 Å². The Morgan fingerprint density at radius 1 is 0.694 bits per heavy atom. The Hall–Kier alpha value is -4.78. The zero-order valence-corrected chi connectivity index (χ0v) is 43.0. The second-order valence-electron chi connectivity index (χ2n) is 17.3. The number of fused-ring (bicyclic) bond motifs is 2. The Bertz CT molecular complexity index is 2920. The van der Waals surface area contributed by atoms with Crippen LogP contribution in [-0.2, 0) is 89.5 Å². The largest absolute Gasteiger partial charge is 0.748 e. The van der Waals surface area contributed by atoms with Crippen molar-refractivity contribution >= 4 is 75.3 Å². The second kappa shape index (κ2) is 24.5. The molecule has 72 heavy (non-hydrogen) atoms. The molecule has 27 heteroatoms. The summed E-state index contributed by atoms with van der Waals surface area (Å²) in [6.07, 6.45) is 7.65. The van der Waals surface area contributed by atoms with Crippen LogP contribution in [0.5, 0.6) is 0 Å². The number of carbonyl (C=O) groups excluding carboxylic acids is 3. The highest BCUT2D eigenvalue weighted by Gasteiger charge is 2.48. The molecule has 2 amide bonds. The van der Waals surface area contributed by atoms with Crippen molar-refractivity contribution in [2.75, 3.05) is 82.9 Å². The molecule has 398 valence electrons. The lowest BCUT2D eigenvalue weighted by Gasteiger charge is -2.30. The molecule has 3 heterocycles. The molecule has 2 aromatic carbocycles. The van der Waals surface area contributed by atoms with Crippen LogP contribution < -0.4 is 4.90 Å². The number of anilines is 1. The van der Waals surface area contributed by atoms with E-state index in [0.717, 1.165) is 6.07 Å². The summed E-state index contributed by atoms with van der Waals surface area (Å²) in [6.45, 7) is 4.45. The molecule has 0 aliphatic carbocycles. The van der Waals surface area contributed by atoms with Gasteiger partial charge in [0.25, 0.3) is 11.8 Å². The molecule has 5 rings (SSSR count). The minimum absolute atomic E-state index is 0.00313. The van der Waals surface area contributed by atoms with Gasteiger partial charge in [-0.15, -0.1) is 5.06 Å². The number of allylic oxidation sites excluding steroid dienone is 6. The summed E-state index contributed by atoms with van der Waals surface area (Å²) in [5.41, 5.74) is 0.393. The van der Waals surface area contributed by atoms with Crippen molar-refractivity contribution in [3.05, 3.63) is 83.6 Å². The molecule has 1 saturated heterocycles. The molecule has 0 spiro atoms. The lowest BCUT2D eigenvalue weighted by molar-refractivity contribution is -0.442. The minimum atomic E-state index is -4.97. The lowest BCUT2D eigenvalue weighted by atomic mass is 9.76. The van der Waals surface area contributed by atoms with E-state index in [9.17, 15) is 66.3 Å². The van der Waals surface area contributed by atoms with E-state index in [2.05, 4.69) is 0 Å². The summed E-state index contributed by atoms with van der Waals surface area (Å²) < 4.78 is 168. The Balaban J connectivity index is 1.45. The van der Waals surface area contributed by atoms with E-state index < -0.39 is 90.4 Å². The Labute approximate surface area is 419 Å². The predicted octanol–water partition coefficient (Wildman–Crippen LogP) is 1.97. The average Bonchev–Trinajstić information content (AvgIpc) is 3.81. The van der Waals surface area contributed by atoms with E-state index >= 15 is 0 Å². The molecule has 1 fully saturated rings. The molecule has 3 aliphatic rings. The van der Waals surface area contributed by atoms with Gasteiger partial charge in [-0.05, 0) is 81.5 Å². The van der Waals surface area contributed by atoms with Gasteiger partial charge >= 0.3 is 5.97 Å². The Morgan fingerprint density at radius 2 is 1.25 bits per heavy atom. The van der Waals surface area contributed by atoms with Gasteiger partial charge in [0.2, 0.25) is 5.69 Å². The molecule has 0 aromatic heterocycles. The van der Waals surface area contributed by atoms with E-state index in [-0.39, 0.29) is 97.7 Å². The highest BCUT2D eigenvalue weighted by Crippen LogP contribution is 2.51. The van der Waals surface area contributed by atoms with Crippen LogP contribution in [0, 0.1) is 0 Å². The minimum Gasteiger partial charge on any atom is -0.748 e. The predicted molar refractivity (Wildman–Crippen MR) is 251 cm³/mol.